The Bertz CT molecular complexity index is 779. The van der Waals surface area contributed by atoms with Crippen molar-refractivity contribution in [2.75, 3.05) is 14.2 Å². The zero-order valence-corrected chi connectivity index (χ0v) is 13.0. The van der Waals surface area contributed by atoms with Crippen molar-refractivity contribution in [1.29, 1.82) is 0 Å². The van der Waals surface area contributed by atoms with Crippen molar-refractivity contribution >= 4 is 23.5 Å². The van der Waals surface area contributed by atoms with Gasteiger partial charge in [0.1, 0.15) is 0 Å². The molecule has 0 bridgehead atoms. The Hall–Kier alpha value is -2.60. The van der Waals surface area contributed by atoms with E-state index in [2.05, 4.69) is 10.1 Å². The van der Waals surface area contributed by atoms with Gasteiger partial charge in [0.15, 0.2) is 11.5 Å². The number of ether oxygens (including phenoxy) is 2. The smallest absolute Gasteiger partial charge is 0.250 e. The lowest BCUT2D eigenvalue weighted by Crippen LogP contribution is -1.91. The van der Waals surface area contributed by atoms with Crippen LogP contribution < -0.4 is 9.47 Å². The Balaban J connectivity index is 1.84. The van der Waals surface area contributed by atoms with E-state index >= 15 is 0 Å². The van der Waals surface area contributed by atoms with Crippen molar-refractivity contribution in [3.8, 4) is 22.9 Å². The summed E-state index contributed by atoms with van der Waals surface area (Å²) < 4.78 is 15.7. The molecule has 5 nitrogen and oxygen atoms in total. The third kappa shape index (κ3) is 3.01. The lowest BCUT2D eigenvalue weighted by atomic mass is 10.2. The fraction of sp³-hybridized carbons (Fsp3) is 0.125. The highest BCUT2D eigenvalue weighted by Crippen LogP contribution is 2.31. The molecule has 0 atom stereocenters. The standard InChI is InChI=1S/C16H14N2O3S/c1-19-13-7-5-11(10-14(13)20-2)16-17-15(21-18-16)8-6-12-4-3-9-22-12/h3-10H,1-2H3/b8-6+. The van der Waals surface area contributed by atoms with Crippen molar-refractivity contribution in [1.82, 2.24) is 10.1 Å². The van der Waals surface area contributed by atoms with Crippen molar-refractivity contribution in [3.63, 3.8) is 0 Å². The highest BCUT2D eigenvalue weighted by atomic mass is 32.1. The van der Waals surface area contributed by atoms with Gasteiger partial charge in [-0.25, -0.2) is 0 Å². The van der Waals surface area contributed by atoms with E-state index in [1.165, 1.54) is 0 Å². The molecule has 0 aliphatic carbocycles. The first-order chi connectivity index (χ1) is 10.8. The van der Waals surface area contributed by atoms with Crippen LogP contribution in [0, 0.1) is 0 Å². The van der Waals surface area contributed by atoms with Crippen LogP contribution in [0.15, 0.2) is 40.2 Å². The highest BCUT2D eigenvalue weighted by molar-refractivity contribution is 7.10. The molecule has 1 aromatic carbocycles. The van der Waals surface area contributed by atoms with Gasteiger partial charge < -0.3 is 14.0 Å². The fourth-order valence-corrected chi connectivity index (χ4v) is 2.55. The molecule has 2 aromatic heterocycles. The second kappa shape index (κ2) is 6.44. The second-order valence-electron chi connectivity index (χ2n) is 4.37. The van der Waals surface area contributed by atoms with E-state index in [4.69, 9.17) is 14.0 Å². The average Bonchev–Trinajstić information content (AvgIpc) is 3.23. The van der Waals surface area contributed by atoms with Crippen molar-refractivity contribution < 1.29 is 14.0 Å². The van der Waals surface area contributed by atoms with E-state index in [0.29, 0.717) is 23.2 Å². The van der Waals surface area contributed by atoms with E-state index in [9.17, 15) is 0 Å². The van der Waals surface area contributed by atoms with E-state index in [0.717, 1.165) is 10.4 Å². The van der Waals surface area contributed by atoms with Crippen molar-refractivity contribution in [2.24, 2.45) is 0 Å². The van der Waals surface area contributed by atoms with E-state index in [1.807, 2.05) is 41.8 Å². The Kier molecular flexibility index (Phi) is 4.20. The quantitative estimate of drug-likeness (QED) is 0.713. The SMILES string of the molecule is COc1ccc(-c2noc(/C=C/c3cccs3)n2)cc1OC. The Morgan fingerprint density at radius 3 is 2.68 bits per heavy atom. The molecule has 0 N–H and O–H groups in total. The van der Waals surface area contributed by atoms with Crippen LogP contribution in [0.1, 0.15) is 10.8 Å². The van der Waals surface area contributed by atoms with Crippen LogP contribution in [-0.2, 0) is 0 Å². The molecule has 0 aliphatic heterocycles. The van der Waals surface area contributed by atoms with Gasteiger partial charge in [-0.3, -0.25) is 0 Å². The van der Waals surface area contributed by atoms with Gasteiger partial charge in [0, 0.05) is 16.5 Å². The highest BCUT2D eigenvalue weighted by Gasteiger charge is 2.10. The van der Waals surface area contributed by atoms with Crippen LogP contribution in [0.25, 0.3) is 23.5 Å². The molecule has 0 unspecified atom stereocenters. The van der Waals surface area contributed by atoms with Crippen LogP contribution in [-0.4, -0.2) is 24.4 Å². The Labute approximate surface area is 131 Å². The summed E-state index contributed by atoms with van der Waals surface area (Å²) in [5.41, 5.74) is 0.803. The predicted molar refractivity (Wildman–Crippen MR) is 86.1 cm³/mol. The van der Waals surface area contributed by atoms with Gasteiger partial charge in [0.2, 0.25) is 5.82 Å². The lowest BCUT2D eigenvalue weighted by Gasteiger charge is -2.07. The topological polar surface area (TPSA) is 57.4 Å². The van der Waals surface area contributed by atoms with Crippen LogP contribution in [0.3, 0.4) is 0 Å². The third-order valence-electron chi connectivity index (χ3n) is 3.02. The first-order valence-electron chi connectivity index (χ1n) is 6.58. The number of rotatable bonds is 5. The Morgan fingerprint density at radius 1 is 1.09 bits per heavy atom. The van der Waals surface area contributed by atoms with Crippen molar-refractivity contribution in [3.05, 3.63) is 46.5 Å². The summed E-state index contributed by atoms with van der Waals surface area (Å²) in [7, 11) is 3.19. The van der Waals surface area contributed by atoms with Gasteiger partial charge in [0.25, 0.3) is 5.89 Å². The maximum Gasteiger partial charge on any atom is 0.250 e. The average molecular weight is 314 g/mol. The van der Waals surface area contributed by atoms with Crippen LogP contribution >= 0.6 is 11.3 Å². The van der Waals surface area contributed by atoms with Crippen LogP contribution in [0.5, 0.6) is 11.5 Å². The summed E-state index contributed by atoms with van der Waals surface area (Å²) in [6.07, 6.45) is 3.74. The largest absolute Gasteiger partial charge is 0.493 e. The number of benzene rings is 1. The predicted octanol–water partition coefficient (Wildman–Crippen LogP) is 3.99. The summed E-state index contributed by atoms with van der Waals surface area (Å²) >= 11 is 1.65. The van der Waals surface area contributed by atoms with Gasteiger partial charge in [-0.2, -0.15) is 4.98 Å². The molecule has 0 aliphatic rings. The number of methoxy groups -OCH3 is 2. The number of aromatic nitrogens is 2. The van der Waals surface area contributed by atoms with Gasteiger partial charge in [-0.1, -0.05) is 11.2 Å². The molecule has 0 saturated heterocycles. The van der Waals surface area contributed by atoms with E-state index in [1.54, 1.807) is 31.6 Å². The zero-order valence-electron chi connectivity index (χ0n) is 12.1. The molecule has 0 fully saturated rings. The fourth-order valence-electron chi connectivity index (χ4n) is 1.93. The summed E-state index contributed by atoms with van der Waals surface area (Å²) in [4.78, 5) is 5.48. The minimum atomic E-state index is 0.457. The molecule has 3 aromatic rings. The molecular weight excluding hydrogens is 300 g/mol. The van der Waals surface area contributed by atoms with Gasteiger partial charge in [-0.15, -0.1) is 11.3 Å². The first kappa shape index (κ1) is 14.3. The molecular formula is C16H14N2O3S. The van der Waals surface area contributed by atoms with Gasteiger partial charge in [-0.05, 0) is 35.7 Å². The maximum atomic E-state index is 5.28. The Morgan fingerprint density at radius 2 is 1.95 bits per heavy atom. The third-order valence-corrected chi connectivity index (χ3v) is 3.85. The molecule has 6 heteroatoms. The summed E-state index contributed by atoms with van der Waals surface area (Å²) in [5.74, 6) is 2.25. The summed E-state index contributed by atoms with van der Waals surface area (Å²) in [5, 5.41) is 6.00. The number of hydrogen-bond donors (Lipinski definition) is 0. The van der Waals surface area contributed by atoms with Crippen molar-refractivity contribution in [2.45, 2.75) is 0 Å². The maximum absolute atomic E-state index is 5.28. The number of nitrogens with zero attached hydrogens (tertiary/aromatic N) is 2. The molecule has 0 spiro atoms. The number of thiophene rings is 1. The normalized spacial score (nSPS) is 11.0. The van der Waals surface area contributed by atoms with Gasteiger partial charge >= 0.3 is 0 Å². The minimum absolute atomic E-state index is 0.457. The van der Waals surface area contributed by atoms with Crippen LogP contribution in [0.4, 0.5) is 0 Å². The molecule has 0 amide bonds. The van der Waals surface area contributed by atoms with E-state index < -0.39 is 0 Å². The van der Waals surface area contributed by atoms with Gasteiger partial charge in [0.05, 0.1) is 14.2 Å². The van der Waals surface area contributed by atoms with Crippen LogP contribution in [0.2, 0.25) is 0 Å². The zero-order chi connectivity index (χ0) is 15.4. The molecule has 3 rings (SSSR count). The first-order valence-corrected chi connectivity index (χ1v) is 7.46. The number of hydrogen-bond acceptors (Lipinski definition) is 6. The molecule has 0 radical (unpaired) electrons. The molecule has 0 saturated carbocycles. The summed E-state index contributed by atoms with van der Waals surface area (Å²) in [6, 6.07) is 9.50. The monoisotopic (exact) mass is 314 g/mol. The molecule has 112 valence electrons. The lowest BCUT2D eigenvalue weighted by molar-refractivity contribution is 0.355. The second-order valence-corrected chi connectivity index (χ2v) is 5.35. The molecule has 22 heavy (non-hydrogen) atoms. The molecule has 2 heterocycles. The van der Waals surface area contributed by atoms with E-state index in [-0.39, 0.29) is 0 Å². The minimum Gasteiger partial charge on any atom is -0.493 e. The summed E-state index contributed by atoms with van der Waals surface area (Å²) in [6.45, 7) is 0.